The zero-order valence-electron chi connectivity index (χ0n) is 9.99. The summed E-state index contributed by atoms with van der Waals surface area (Å²) >= 11 is 1.97. The molecule has 2 rings (SSSR count). The molecule has 0 amide bonds. The minimum Gasteiger partial charge on any atom is -0.397 e. The molecule has 0 radical (unpaired) electrons. The largest absolute Gasteiger partial charge is 0.397 e. The molecular formula is C13H20N2S. The molecular weight excluding hydrogens is 216 g/mol. The summed E-state index contributed by atoms with van der Waals surface area (Å²) in [7, 11) is 0. The van der Waals surface area contributed by atoms with Crippen molar-refractivity contribution in [3.63, 3.8) is 0 Å². The van der Waals surface area contributed by atoms with Crippen LogP contribution >= 0.6 is 11.8 Å². The van der Waals surface area contributed by atoms with E-state index in [0.29, 0.717) is 6.04 Å². The van der Waals surface area contributed by atoms with E-state index in [4.69, 9.17) is 5.73 Å². The number of benzene rings is 1. The first-order valence-electron chi connectivity index (χ1n) is 5.86. The molecule has 0 spiro atoms. The van der Waals surface area contributed by atoms with Gasteiger partial charge in [0.15, 0.2) is 0 Å². The molecule has 0 aliphatic heterocycles. The number of nitrogens with two attached hydrogens (primary N) is 1. The first kappa shape index (κ1) is 11.6. The second-order valence-corrected chi connectivity index (χ2v) is 5.62. The lowest BCUT2D eigenvalue weighted by atomic mass is 10.1. The summed E-state index contributed by atoms with van der Waals surface area (Å²) < 4.78 is 0. The van der Waals surface area contributed by atoms with Crippen LogP contribution in [0.4, 0.5) is 11.4 Å². The lowest BCUT2D eigenvalue weighted by Gasteiger charge is -2.21. The summed E-state index contributed by atoms with van der Waals surface area (Å²) in [5.41, 5.74) is 9.20. The lowest BCUT2D eigenvalue weighted by Crippen LogP contribution is -2.26. The molecule has 1 aromatic rings. The van der Waals surface area contributed by atoms with Crippen LogP contribution in [0.1, 0.15) is 24.8 Å². The highest BCUT2D eigenvalue weighted by Crippen LogP contribution is 2.32. The Kier molecular flexibility index (Phi) is 3.64. The molecule has 0 aromatic heterocycles. The molecule has 0 heterocycles. The van der Waals surface area contributed by atoms with Crippen LogP contribution in [0.15, 0.2) is 18.2 Å². The zero-order chi connectivity index (χ0) is 11.5. The monoisotopic (exact) mass is 236 g/mol. The second kappa shape index (κ2) is 5.00. The molecule has 88 valence electrons. The highest BCUT2D eigenvalue weighted by Gasteiger charge is 2.26. The fourth-order valence-corrected chi connectivity index (χ4v) is 3.32. The fourth-order valence-electron chi connectivity index (χ4n) is 2.39. The third-order valence-electron chi connectivity index (χ3n) is 3.30. The Balaban J connectivity index is 2.08. The molecule has 1 fully saturated rings. The maximum atomic E-state index is 6.02. The zero-order valence-corrected chi connectivity index (χ0v) is 10.8. The molecule has 2 unspecified atom stereocenters. The van der Waals surface area contributed by atoms with Crippen molar-refractivity contribution >= 4 is 23.1 Å². The predicted octanol–water partition coefficient (Wildman–Crippen LogP) is 3.27. The van der Waals surface area contributed by atoms with Gasteiger partial charge in [-0.3, -0.25) is 0 Å². The van der Waals surface area contributed by atoms with Crippen LogP contribution in [0.3, 0.4) is 0 Å². The van der Waals surface area contributed by atoms with Crippen LogP contribution < -0.4 is 11.1 Å². The van der Waals surface area contributed by atoms with Gasteiger partial charge in [0.25, 0.3) is 0 Å². The minimum atomic E-state index is 0.583. The number of hydrogen-bond acceptors (Lipinski definition) is 3. The molecule has 3 heteroatoms. The molecule has 2 atom stereocenters. The van der Waals surface area contributed by atoms with E-state index >= 15 is 0 Å². The average Bonchev–Trinajstić information content (AvgIpc) is 2.69. The van der Waals surface area contributed by atoms with Crippen molar-refractivity contribution in [1.29, 1.82) is 0 Å². The summed E-state index contributed by atoms with van der Waals surface area (Å²) in [6.45, 7) is 2.07. The number of rotatable bonds is 3. The Bertz CT molecular complexity index is 365. The normalized spacial score (nSPS) is 24.6. The third-order valence-corrected chi connectivity index (χ3v) is 4.47. The van der Waals surface area contributed by atoms with Gasteiger partial charge in [-0.1, -0.05) is 12.5 Å². The standard InChI is InChI=1S/C13H20N2S/c1-9-6-7-11(10(14)8-9)15-12-4-3-5-13(12)16-2/h6-8,12-13,15H,3-5,14H2,1-2H3. The van der Waals surface area contributed by atoms with E-state index in [9.17, 15) is 0 Å². The Morgan fingerprint density at radius 1 is 1.38 bits per heavy atom. The third kappa shape index (κ3) is 2.46. The Hall–Kier alpha value is -0.830. The van der Waals surface area contributed by atoms with Gasteiger partial charge in [0, 0.05) is 11.3 Å². The van der Waals surface area contributed by atoms with E-state index in [1.807, 2.05) is 17.8 Å². The van der Waals surface area contributed by atoms with Gasteiger partial charge in [0.1, 0.15) is 0 Å². The number of aryl methyl sites for hydroxylation is 1. The summed E-state index contributed by atoms with van der Waals surface area (Å²) in [6, 6.07) is 6.83. The van der Waals surface area contributed by atoms with Crippen LogP contribution in [0.25, 0.3) is 0 Å². The Morgan fingerprint density at radius 3 is 2.88 bits per heavy atom. The van der Waals surface area contributed by atoms with Crippen molar-refractivity contribution in [2.75, 3.05) is 17.3 Å². The van der Waals surface area contributed by atoms with E-state index < -0.39 is 0 Å². The first-order valence-corrected chi connectivity index (χ1v) is 7.15. The van der Waals surface area contributed by atoms with Gasteiger partial charge in [0.05, 0.1) is 11.4 Å². The van der Waals surface area contributed by atoms with Crippen LogP contribution in [0.2, 0.25) is 0 Å². The summed E-state index contributed by atoms with van der Waals surface area (Å²) in [5.74, 6) is 0. The molecule has 1 saturated carbocycles. The maximum Gasteiger partial charge on any atom is 0.0576 e. The van der Waals surface area contributed by atoms with Crippen LogP contribution in [-0.2, 0) is 0 Å². The van der Waals surface area contributed by atoms with Crippen LogP contribution in [0, 0.1) is 6.92 Å². The molecule has 3 N–H and O–H groups in total. The molecule has 1 aliphatic rings. The second-order valence-electron chi connectivity index (χ2n) is 4.55. The maximum absolute atomic E-state index is 6.02. The average molecular weight is 236 g/mol. The van der Waals surface area contributed by atoms with E-state index in [2.05, 4.69) is 30.6 Å². The summed E-state index contributed by atoms with van der Waals surface area (Å²) in [6.07, 6.45) is 6.11. The van der Waals surface area contributed by atoms with Gasteiger partial charge in [-0.25, -0.2) is 0 Å². The van der Waals surface area contributed by atoms with Crippen molar-refractivity contribution in [2.45, 2.75) is 37.5 Å². The van der Waals surface area contributed by atoms with Gasteiger partial charge in [-0.05, 0) is 43.7 Å². The van der Waals surface area contributed by atoms with Crippen molar-refractivity contribution in [3.8, 4) is 0 Å². The van der Waals surface area contributed by atoms with Gasteiger partial charge < -0.3 is 11.1 Å². The first-order chi connectivity index (χ1) is 7.70. The number of hydrogen-bond donors (Lipinski definition) is 2. The van der Waals surface area contributed by atoms with E-state index in [-0.39, 0.29) is 0 Å². The van der Waals surface area contributed by atoms with Crippen molar-refractivity contribution in [1.82, 2.24) is 0 Å². The van der Waals surface area contributed by atoms with E-state index in [1.54, 1.807) is 0 Å². The van der Waals surface area contributed by atoms with Gasteiger partial charge in [-0.15, -0.1) is 0 Å². The summed E-state index contributed by atoms with van der Waals surface area (Å²) in [5, 5.41) is 4.33. The van der Waals surface area contributed by atoms with Gasteiger partial charge in [-0.2, -0.15) is 11.8 Å². The smallest absolute Gasteiger partial charge is 0.0576 e. The highest BCUT2D eigenvalue weighted by atomic mass is 32.2. The number of nitrogen functional groups attached to an aromatic ring is 1. The van der Waals surface area contributed by atoms with Crippen molar-refractivity contribution < 1.29 is 0 Å². The van der Waals surface area contributed by atoms with E-state index in [1.165, 1.54) is 24.8 Å². The quantitative estimate of drug-likeness (QED) is 0.791. The minimum absolute atomic E-state index is 0.583. The van der Waals surface area contributed by atoms with Crippen LogP contribution in [0.5, 0.6) is 0 Å². The molecule has 2 nitrogen and oxygen atoms in total. The molecule has 16 heavy (non-hydrogen) atoms. The van der Waals surface area contributed by atoms with Gasteiger partial charge >= 0.3 is 0 Å². The number of thioether (sulfide) groups is 1. The molecule has 1 aromatic carbocycles. The number of anilines is 2. The lowest BCUT2D eigenvalue weighted by molar-refractivity contribution is 0.769. The Morgan fingerprint density at radius 2 is 2.19 bits per heavy atom. The fraction of sp³-hybridized carbons (Fsp3) is 0.538. The number of nitrogens with one attached hydrogen (secondary N) is 1. The van der Waals surface area contributed by atoms with E-state index in [0.717, 1.165) is 16.6 Å². The molecule has 0 bridgehead atoms. The van der Waals surface area contributed by atoms with Gasteiger partial charge in [0.2, 0.25) is 0 Å². The van der Waals surface area contributed by atoms with Crippen LogP contribution in [-0.4, -0.2) is 17.5 Å². The highest BCUT2D eigenvalue weighted by molar-refractivity contribution is 7.99. The molecule has 0 saturated heterocycles. The summed E-state index contributed by atoms with van der Waals surface area (Å²) in [4.78, 5) is 0. The van der Waals surface area contributed by atoms with Crippen molar-refractivity contribution in [3.05, 3.63) is 23.8 Å². The SMILES string of the molecule is CSC1CCCC1Nc1ccc(C)cc1N. The predicted molar refractivity (Wildman–Crippen MR) is 74.2 cm³/mol. The topological polar surface area (TPSA) is 38.0 Å². The molecule has 1 aliphatic carbocycles. The Labute approximate surface area is 102 Å². The van der Waals surface area contributed by atoms with Crippen molar-refractivity contribution in [2.24, 2.45) is 0 Å².